The summed E-state index contributed by atoms with van der Waals surface area (Å²) in [6.07, 6.45) is 3.14. The maximum absolute atomic E-state index is 12.9. The van der Waals surface area contributed by atoms with Crippen LogP contribution in [0.5, 0.6) is 0 Å². The number of amides is 1. The number of carbonyl (C=O) groups excluding carboxylic acids is 1. The van der Waals surface area contributed by atoms with E-state index in [2.05, 4.69) is 31.0 Å². The Morgan fingerprint density at radius 3 is 2.79 bits per heavy atom. The molecule has 0 aliphatic heterocycles. The molecule has 3 aromatic heterocycles. The van der Waals surface area contributed by atoms with Gasteiger partial charge in [0.15, 0.2) is 5.82 Å². The summed E-state index contributed by atoms with van der Waals surface area (Å²) in [5.74, 6) is 0.542. The number of hydrogen-bond donors (Lipinski definition) is 1. The van der Waals surface area contributed by atoms with Crippen LogP contribution >= 0.6 is 11.3 Å². The van der Waals surface area contributed by atoms with E-state index < -0.39 is 0 Å². The first-order chi connectivity index (χ1) is 11.5. The van der Waals surface area contributed by atoms with Crippen LogP contribution in [0.4, 0.5) is 0 Å². The molecule has 0 saturated carbocycles. The summed E-state index contributed by atoms with van der Waals surface area (Å²) in [5.41, 5.74) is 1.51. The highest BCUT2D eigenvalue weighted by Crippen LogP contribution is 2.30. The van der Waals surface area contributed by atoms with Crippen LogP contribution in [-0.4, -0.2) is 40.9 Å². The monoisotopic (exact) mass is 346 g/mol. The van der Waals surface area contributed by atoms with Crippen LogP contribution in [0.15, 0.2) is 12.7 Å². The minimum Gasteiger partial charge on any atom is -0.342 e. The number of nitrogens with zero attached hydrogens (tertiary/aromatic N) is 7. The molecular weight excluding hydrogens is 328 g/mol. The largest absolute Gasteiger partial charge is 0.342 e. The van der Waals surface area contributed by atoms with Gasteiger partial charge < -0.3 is 9.88 Å². The first-order valence-electron chi connectivity index (χ1n) is 7.54. The normalized spacial score (nSPS) is 12.3. The van der Waals surface area contributed by atoms with Crippen molar-refractivity contribution in [3.05, 3.63) is 34.5 Å². The Balaban J connectivity index is 1.91. The Kier molecular flexibility index (Phi) is 4.38. The molecule has 3 rings (SSSR count). The van der Waals surface area contributed by atoms with E-state index in [0.717, 1.165) is 22.8 Å². The van der Waals surface area contributed by atoms with Gasteiger partial charge in [0.25, 0.3) is 5.91 Å². The van der Waals surface area contributed by atoms with Crippen molar-refractivity contribution < 1.29 is 4.79 Å². The van der Waals surface area contributed by atoms with Gasteiger partial charge in [-0.1, -0.05) is 0 Å². The fourth-order valence-corrected chi connectivity index (χ4v) is 3.54. The van der Waals surface area contributed by atoms with Crippen LogP contribution in [-0.2, 0) is 6.54 Å². The summed E-state index contributed by atoms with van der Waals surface area (Å²) in [6, 6.07) is -0.263. The molecular formula is C14H18N8OS. The maximum Gasteiger partial charge on any atom is 0.255 e. The zero-order chi connectivity index (χ0) is 17.3. The standard InChI is InChI=1S/C14H18N8OS/c1-5-21-6-15-18-12(21)9(3)17-13(23)11-8(2)10(4)24-14(11)22-7-16-19-20-22/h6-7,9H,5H2,1-4H3,(H,17,23)/t9-/m1/s1. The van der Waals surface area contributed by atoms with Crippen LogP contribution < -0.4 is 5.32 Å². The van der Waals surface area contributed by atoms with Gasteiger partial charge >= 0.3 is 0 Å². The van der Waals surface area contributed by atoms with E-state index in [4.69, 9.17) is 0 Å². The van der Waals surface area contributed by atoms with Crippen LogP contribution in [0.2, 0.25) is 0 Å². The molecule has 0 aliphatic rings. The fourth-order valence-electron chi connectivity index (χ4n) is 2.47. The predicted molar refractivity (Wildman–Crippen MR) is 88.1 cm³/mol. The van der Waals surface area contributed by atoms with Crippen molar-refractivity contribution in [2.75, 3.05) is 0 Å². The average Bonchev–Trinajstić information content (AvgIpc) is 3.28. The van der Waals surface area contributed by atoms with Gasteiger partial charge in [-0.05, 0) is 43.7 Å². The number of aryl methyl sites for hydroxylation is 2. The third-order valence-corrected chi connectivity index (χ3v) is 5.07. The lowest BCUT2D eigenvalue weighted by atomic mass is 10.1. The number of tetrazole rings is 1. The third kappa shape index (κ3) is 2.80. The molecule has 3 aromatic rings. The molecule has 126 valence electrons. The minimum atomic E-state index is -0.263. The van der Waals surface area contributed by atoms with E-state index in [1.165, 1.54) is 22.3 Å². The van der Waals surface area contributed by atoms with Gasteiger partial charge in [-0.3, -0.25) is 4.79 Å². The number of thiophene rings is 1. The molecule has 0 saturated heterocycles. The summed E-state index contributed by atoms with van der Waals surface area (Å²) in [4.78, 5) is 13.9. The molecule has 0 fully saturated rings. The fraction of sp³-hybridized carbons (Fsp3) is 0.429. The lowest BCUT2D eigenvalue weighted by Crippen LogP contribution is -2.29. The van der Waals surface area contributed by atoms with Crippen molar-refractivity contribution in [3.8, 4) is 5.00 Å². The van der Waals surface area contributed by atoms with E-state index in [0.29, 0.717) is 10.6 Å². The van der Waals surface area contributed by atoms with Crippen molar-refractivity contribution >= 4 is 17.2 Å². The highest BCUT2D eigenvalue weighted by molar-refractivity contribution is 7.15. The van der Waals surface area contributed by atoms with E-state index in [1.807, 2.05) is 32.3 Å². The molecule has 0 aromatic carbocycles. The number of rotatable bonds is 5. The van der Waals surface area contributed by atoms with Crippen molar-refractivity contribution in [2.24, 2.45) is 0 Å². The van der Waals surface area contributed by atoms with Gasteiger partial charge in [0.05, 0.1) is 11.6 Å². The summed E-state index contributed by atoms with van der Waals surface area (Å²) >= 11 is 1.49. The molecule has 9 nitrogen and oxygen atoms in total. The molecule has 0 bridgehead atoms. The quantitative estimate of drug-likeness (QED) is 0.750. The van der Waals surface area contributed by atoms with E-state index >= 15 is 0 Å². The summed E-state index contributed by atoms with van der Waals surface area (Å²) in [7, 11) is 0. The highest BCUT2D eigenvalue weighted by atomic mass is 32.1. The molecule has 0 unspecified atom stereocenters. The first-order valence-corrected chi connectivity index (χ1v) is 8.36. The molecule has 0 aliphatic carbocycles. The van der Waals surface area contributed by atoms with Gasteiger partial charge in [-0.2, -0.15) is 4.68 Å². The highest BCUT2D eigenvalue weighted by Gasteiger charge is 2.24. The zero-order valence-corrected chi connectivity index (χ0v) is 14.7. The number of carbonyl (C=O) groups is 1. The Bertz CT molecular complexity index is 850. The number of nitrogens with one attached hydrogen (secondary N) is 1. The molecule has 0 radical (unpaired) electrons. The van der Waals surface area contributed by atoms with Gasteiger partial charge in [-0.15, -0.1) is 26.6 Å². The van der Waals surface area contributed by atoms with Crippen molar-refractivity contribution in [1.82, 2.24) is 40.3 Å². The second-order valence-corrected chi connectivity index (χ2v) is 6.59. The summed E-state index contributed by atoms with van der Waals surface area (Å²) in [5, 5.41) is 22.9. The lowest BCUT2D eigenvalue weighted by Gasteiger charge is -2.14. The SMILES string of the molecule is CCn1cnnc1[C@@H](C)NC(=O)c1c(-n2cnnn2)sc(C)c1C. The zero-order valence-electron chi connectivity index (χ0n) is 13.9. The van der Waals surface area contributed by atoms with Gasteiger partial charge in [0.2, 0.25) is 0 Å². The van der Waals surface area contributed by atoms with Crippen LogP contribution in [0, 0.1) is 13.8 Å². The Hall–Kier alpha value is -2.62. The predicted octanol–water partition coefficient (Wildman–Crippen LogP) is 1.44. The Morgan fingerprint density at radius 1 is 1.33 bits per heavy atom. The molecule has 1 amide bonds. The van der Waals surface area contributed by atoms with Crippen molar-refractivity contribution in [2.45, 2.75) is 40.3 Å². The average molecular weight is 346 g/mol. The van der Waals surface area contributed by atoms with Crippen LogP contribution in [0.25, 0.3) is 5.00 Å². The van der Waals surface area contributed by atoms with Crippen molar-refractivity contribution in [1.29, 1.82) is 0 Å². The second-order valence-electron chi connectivity index (χ2n) is 5.39. The molecule has 0 spiro atoms. The molecule has 24 heavy (non-hydrogen) atoms. The molecule has 1 atom stereocenters. The topological polar surface area (TPSA) is 103 Å². The first kappa shape index (κ1) is 16.2. The van der Waals surface area contributed by atoms with E-state index in [9.17, 15) is 4.79 Å². The summed E-state index contributed by atoms with van der Waals surface area (Å²) < 4.78 is 3.41. The van der Waals surface area contributed by atoms with Crippen LogP contribution in [0.1, 0.15) is 46.5 Å². The summed E-state index contributed by atoms with van der Waals surface area (Å²) in [6.45, 7) is 8.54. The second kappa shape index (κ2) is 6.48. The minimum absolute atomic E-state index is 0.180. The van der Waals surface area contributed by atoms with Crippen LogP contribution in [0.3, 0.4) is 0 Å². The van der Waals surface area contributed by atoms with Crippen molar-refractivity contribution in [3.63, 3.8) is 0 Å². The Morgan fingerprint density at radius 2 is 2.12 bits per heavy atom. The smallest absolute Gasteiger partial charge is 0.255 e. The number of hydrogen-bond acceptors (Lipinski definition) is 7. The number of aromatic nitrogens is 7. The molecule has 1 N–H and O–H groups in total. The van der Waals surface area contributed by atoms with Gasteiger partial charge in [0, 0.05) is 11.4 Å². The third-order valence-electron chi connectivity index (χ3n) is 3.87. The van der Waals surface area contributed by atoms with E-state index in [-0.39, 0.29) is 11.9 Å². The maximum atomic E-state index is 12.9. The molecule has 3 heterocycles. The van der Waals surface area contributed by atoms with Gasteiger partial charge in [0.1, 0.15) is 17.7 Å². The van der Waals surface area contributed by atoms with E-state index in [1.54, 1.807) is 6.33 Å². The molecule has 10 heteroatoms. The lowest BCUT2D eigenvalue weighted by molar-refractivity contribution is 0.0937. The van der Waals surface area contributed by atoms with Gasteiger partial charge in [-0.25, -0.2) is 0 Å². The Labute approximate surface area is 142 Å².